The van der Waals surface area contributed by atoms with Crippen molar-refractivity contribution in [3.8, 4) is 45.4 Å². The molecule has 0 spiro atoms. The molecule has 12 heteroatoms. The zero-order valence-corrected chi connectivity index (χ0v) is 25.3. The van der Waals surface area contributed by atoms with Crippen LogP contribution in [0, 0.1) is 5.82 Å². The summed E-state index contributed by atoms with van der Waals surface area (Å²) in [4.78, 5) is 26.3. The van der Waals surface area contributed by atoms with Crippen LogP contribution in [0.5, 0.6) is 11.5 Å². The summed E-state index contributed by atoms with van der Waals surface area (Å²) in [7, 11) is 3.93. The van der Waals surface area contributed by atoms with Gasteiger partial charge in [0.2, 0.25) is 0 Å². The first kappa shape index (κ1) is 28.8. The van der Waals surface area contributed by atoms with Crippen molar-refractivity contribution < 1.29 is 13.9 Å². The summed E-state index contributed by atoms with van der Waals surface area (Å²) in [6.45, 7) is 4.97. The van der Waals surface area contributed by atoms with Crippen LogP contribution in [0.1, 0.15) is 12.8 Å². The number of H-pyrrole nitrogens is 2. The number of hydrogen-bond acceptors (Lipinski definition) is 9. The van der Waals surface area contributed by atoms with Crippen LogP contribution in [0.25, 0.3) is 56.1 Å². The van der Waals surface area contributed by atoms with Crippen LogP contribution >= 0.6 is 0 Å². The molecule has 230 valence electrons. The number of fused-ring (bicyclic) bond motifs is 2. The van der Waals surface area contributed by atoms with Crippen molar-refractivity contribution in [1.82, 2.24) is 44.9 Å². The highest BCUT2D eigenvalue weighted by molar-refractivity contribution is 5.95. The van der Waals surface area contributed by atoms with Crippen LogP contribution < -0.4 is 9.47 Å². The molecular weight excluding hydrogens is 573 g/mol. The van der Waals surface area contributed by atoms with E-state index in [2.05, 4.69) is 30.0 Å². The van der Waals surface area contributed by atoms with Gasteiger partial charge in [-0.2, -0.15) is 5.10 Å². The summed E-state index contributed by atoms with van der Waals surface area (Å²) in [5.74, 6) is 1.28. The van der Waals surface area contributed by atoms with Crippen molar-refractivity contribution in [2.45, 2.75) is 12.8 Å². The molecule has 11 nitrogen and oxygen atoms in total. The Hall–Kier alpha value is -4.94. The Balaban J connectivity index is 1.17. The molecule has 2 N–H and O–H groups in total. The van der Waals surface area contributed by atoms with Crippen molar-refractivity contribution in [1.29, 1.82) is 0 Å². The number of aromatic nitrogens is 7. The third-order valence-electron chi connectivity index (χ3n) is 7.90. The molecule has 0 saturated carbocycles. The lowest BCUT2D eigenvalue weighted by molar-refractivity contribution is 0.237. The second-order valence-electron chi connectivity index (χ2n) is 11.4. The van der Waals surface area contributed by atoms with E-state index in [4.69, 9.17) is 19.4 Å². The summed E-state index contributed by atoms with van der Waals surface area (Å²) in [6.07, 6.45) is 7.68. The topological polar surface area (TPSA) is 121 Å². The molecular formula is C33H34FN9O2. The predicted molar refractivity (Wildman–Crippen MR) is 171 cm³/mol. The van der Waals surface area contributed by atoms with E-state index >= 15 is 0 Å². The highest BCUT2D eigenvalue weighted by atomic mass is 19.1. The third-order valence-corrected chi connectivity index (χ3v) is 7.90. The lowest BCUT2D eigenvalue weighted by atomic mass is 10.1. The number of nitrogens with one attached hydrogen (secondary N) is 2. The number of ether oxygens (including phenoxy) is 2. The van der Waals surface area contributed by atoms with Gasteiger partial charge in [0.15, 0.2) is 17.2 Å². The molecule has 1 aliphatic heterocycles. The van der Waals surface area contributed by atoms with Gasteiger partial charge in [-0.1, -0.05) is 0 Å². The number of aromatic amines is 2. The standard InChI is InChI=1S/C33H34FN9O2/c1-42(2)11-13-44-24-16-21(15-23(34)18-24)26-7-8-36-32-29(26)38-33(39-32)31-30-28(40-41-31)6-5-27(37-30)22-17-25(20-35-19-22)45-14-12-43-9-3-4-10-43/h5-8,15-20H,3-4,9-14H2,1-2H3,(H,40,41)(H,36,38,39). The minimum atomic E-state index is -0.386. The molecule has 0 unspecified atom stereocenters. The fourth-order valence-corrected chi connectivity index (χ4v) is 5.57. The fraction of sp³-hybridized carbons (Fsp3) is 0.303. The summed E-state index contributed by atoms with van der Waals surface area (Å²) in [5.41, 5.74) is 6.08. The van der Waals surface area contributed by atoms with Crippen LogP contribution in [0.4, 0.5) is 4.39 Å². The molecule has 0 amide bonds. The number of nitrogens with zero attached hydrogens (tertiary/aromatic N) is 7. The maximum Gasteiger partial charge on any atom is 0.178 e. The van der Waals surface area contributed by atoms with E-state index < -0.39 is 0 Å². The number of pyridine rings is 3. The van der Waals surface area contributed by atoms with Gasteiger partial charge in [0.05, 0.1) is 22.9 Å². The van der Waals surface area contributed by atoms with Crippen LogP contribution in [0.3, 0.4) is 0 Å². The number of likely N-dealkylation sites (tertiary alicyclic amines) is 1. The molecule has 0 aliphatic carbocycles. The first-order valence-corrected chi connectivity index (χ1v) is 15.1. The lowest BCUT2D eigenvalue weighted by Gasteiger charge is -2.15. The number of imidazole rings is 1. The molecule has 1 aromatic carbocycles. The minimum absolute atomic E-state index is 0.386. The van der Waals surface area contributed by atoms with E-state index in [1.165, 1.54) is 25.0 Å². The van der Waals surface area contributed by atoms with Crippen molar-refractivity contribution in [3.05, 3.63) is 66.9 Å². The molecule has 6 heterocycles. The zero-order chi connectivity index (χ0) is 30.8. The summed E-state index contributed by atoms with van der Waals surface area (Å²) in [5, 5.41) is 7.59. The summed E-state index contributed by atoms with van der Waals surface area (Å²) >= 11 is 0. The highest BCUT2D eigenvalue weighted by Crippen LogP contribution is 2.33. The maximum absolute atomic E-state index is 14.7. The summed E-state index contributed by atoms with van der Waals surface area (Å²) < 4.78 is 26.5. The molecule has 0 radical (unpaired) electrons. The van der Waals surface area contributed by atoms with Gasteiger partial charge in [-0.15, -0.1) is 0 Å². The third kappa shape index (κ3) is 6.33. The van der Waals surface area contributed by atoms with Crippen molar-refractivity contribution in [2.75, 3.05) is 53.5 Å². The van der Waals surface area contributed by atoms with Gasteiger partial charge in [0.1, 0.15) is 36.0 Å². The fourth-order valence-electron chi connectivity index (χ4n) is 5.57. The average Bonchev–Trinajstić information content (AvgIpc) is 3.80. The van der Waals surface area contributed by atoms with Crippen LogP contribution in [-0.4, -0.2) is 98.4 Å². The van der Waals surface area contributed by atoms with E-state index in [9.17, 15) is 4.39 Å². The van der Waals surface area contributed by atoms with Crippen LogP contribution in [0.15, 0.2) is 61.1 Å². The molecule has 5 aromatic heterocycles. The molecule has 1 saturated heterocycles. The van der Waals surface area contributed by atoms with Crippen molar-refractivity contribution in [3.63, 3.8) is 0 Å². The number of halogens is 1. The molecule has 1 aliphatic rings. The molecule has 6 aromatic rings. The number of hydrogen-bond donors (Lipinski definition) is 2. The van der Waals surface area contributed by atoms with Gasteiger partial charge in [-0.3, -0.25) is 15.0 Å². The first-order chi connectivity index (χ1) is 22.0. The van der Waals surface area contributed by atoms with Gasteiger partial charge in [-0.05, 0) is 82.0 Å². The maximum atomic E-state index is 14.7. The van der Waals surface area contributed by atoms with E-state index in [0.29, 0.717) is 58.5 Å². The van der Waals surface area contributed by atoms with Gasteiger partial charge >= 0.3 is 0 Å². The van der Waals surface area contributed by atoms with E-state index in [-0.39, 0.29) is 5.82 Å². The second-order valence-corrected chi connectivity index (χ2v) is 11.4. The molecule has 7 rings (SSSR count). The molecule has 0 atom stereocenters. The highest BCUT2D eigenvalue weighted by Gasteiger charge is 2.18. The predicted octanol–water partition coefficient (Wildman–Crippen LogP) is 5.18. The molecule has 1 fully saturated rings. The minimum Gasteiger partial charge on any atom is -0.492 e. The Morgan fingerprint density at radius 3 is 2.64 bits per heavy atom. The monoisotopic (exact) mass is 607 g/mol. The number of benzene rings is 1. The van der Waals surface area contributed by atoms with E-state index in [0.717, 1.165) is 48.5 Å². The normalized spacial score (nSPS) is 13.8. The Bertz CT molecular complexity index is 1950. The zero-order valence-electron chi connectivity index (χ0n) is 25.3. The average molecular weight is 608 g/mol. The second kappa shape index (κ2) is 12.6. The van der Waals surface area contributed by atoms with Crippen LogP contribution in [-0.2, 0) is 0 Å². The van der Waals surface area contributed by atoms with Crippen molar-refractivity contribution >= 4 is 22.2 Å². The van der Waals surface area contributed by atoms with Gasteiger partial charge < -0.3 is 19.4 Å². The Labute approximate surface area is 259 Å². The number of rotatable bonds is 11. The van der Waals surface area contributed by atoms with Crippen LogP contribution in [0.2, 0.25) is 0 Å². The quantitative estimate of drug-likeness (QED) is 0.205. The van der Waals surface area contributed by atoms with E-state index in [1.807, 2.05) is 49.3 Å². The number of likely N-dealkylation sites (N-methyl/N-ethyl adjacent to an activating group) is 1. The van der Waals surface area contributed by atoms with E-state index in [1.54, 1.807) is 18.6 Å². The Morgan fingerprint density at radius 1 is 0.933 bits per heavy atom. The largest absolute Gasteiger partial charge is 0.492 e. The molecule has 0 bridgehead atoms. The lowest BCUT2D eigenvalue weighted by Crippen LogP contribution is -2.25. The van der Waals surface area contributed by atoms with Gasteiger partial charge in [-0.25, -0.2) is 19.3 Å². The van der Waals surface area contributed by atoms with Gasteiger partial charge in [0, 0.05) is 42.7 Å². The first-order valence-electron chi connectivity index (χ1n) is 15.1. The SMILES string of the molecule is CN(C)CCOc1cc(F)cc(-c2ccnc3nc(-c4n[nH]c5ccc(-c6cncc(OCCN7CCCC7)c6)nc45)[nH]c23)c1. The van der Waals surface area contributed by atoms with Crippen molar-refractivity contribution in [2.24, 2.45) is 0 Å². The smallest absolute Gasteiger partial charge is 0.178 e. The van der Waals surface area contributed by atoms with Gasteiger partial charge in [0.25, 0.3) is 0 Å². The Morgan fingerprint density at radius 2 is 1.78 bits per heavy atom. The Kier molecular flexibility index (Phi) is 8.05. The summed E-state index contributed by atoms with van der Waals surface area (Å²) in [6, 6.07) is 12.3. The molecule has 45 heavy (non-hydrogen) atoms.